The normalized spacial score (nSPS) is 10.3. The molecule has 0 aliphatic carbocycles. The highest BCUT2D eigenvalue weighted by Crippen LogP contribution is 2.19. The Bertz CT molecular complexity index is 456. The maximum Gasteiger partial charge on any atom is 0.149 e. The number of aromatic nitrogens is 1. The van der Waals surface area contributed by atoms with Crippen LogP contribution in [-0.2, 0) is 6.42 Å². The van der Waals surface area contributed by atoms with Crippen molar-refractivity contribution in [1.82, 2.24) is 4.98 Å². The molecule has 0 atom stereocenters. The number of pyridine rings is 1. The van der Waals surface area contributed by atoms with Crippen LogP contribution < -0.4 is 11.1 Å². The summed E-state index contributed by atoms with van der Waals surface area (Å²) in [5.74, 6) is 0.695. The van der Waals surface area contributed by atoms with Crippen molar-refractivity contribution in [2.24, 2.45) is 0 Å². The summed E-state index contributed by atoms with van der Waals surface area (Å²) in [7, 11) is 0. The first-order chi connectivity index (χ1) is 7.75. The summed E-state index contributed by atoms with van der Waals surface area (Å²) in [5, 5.41) is 5.82. The summed E-state index contributed by atoms with van der Waals surface area (Å²) in [6.07, 6.45) is 2.56. The highest BCUT2D eigenvalue weighted by molar-refractivity contribution is 7.09. The van der Waals surface area contributed by atoms with Crippen molar-refractivity contribution in [3.05, 3.63) is 39.7 Å². The van der Waals surface area contributed by atoms with Gasteiger partial charge in [0.15, 0.2) is 0 Å². The van der Waals surface area contributed by atoms with E-state index < -0.39 is 0 Å². The molecule has 0 saturated heterocycles. The van der Waals surface area contributed by atoms with Crippen molar-refractivity contribution in [2.75, 3.05) is 17.6 Å². The largest absolute Gasteiger partial charge is 0.396 e. The number of halogens is 1. The van der Waals surface area contributed by atoms with Crippen LogP contribution in [0.25, 0.3) is 0 Å². The zero-order valence-corrected chi connectivity index (χ0v) is 10.2. The van der Waals surface area contributed by atoms with Gasteiger partial charge in [0.2, 0.25) is 0 Å². The highest BCUT2D eigenvalue weighted by atomic mass is 35.5. The third-order valence-electron chi connectivity index (χ3n) is 2.13. The second-order valence-electron chi connectivity index (χ2n) is 3.35. The molecular formula is C11H12ClN3S. The monoisotopic (exact) mass is 253 g/mol. The fourth-order valence-electron chi connectivity index (χ4n) is 1.36. The Balaban J connectivity index is 1.90. The number of thiophene rings is 1. The molecule has 2 rings (SSSR count). The van der Waals surface area contributed by atoms with Gasteiger partial charge in [0.05, 0.1) is 10.7 Å². The van der Waals surface area contributed by atoms with E-state index in [2.05, 4.69) is 27.8 Å². The number of nitrogen functional groups attached to an aromatic ring is 1. The molecule has 0 amide bonds. The molecule has 84 valence electrons. The SMILES string of the molecule is Nc1cc(Cl)cnc1NCCc1cccs1. The molecule has 0 fully saturated rings. The molecule has 3 nitrogen and oxygen atoms in total. The Kier molecular flexibility index (Phi) is 3.64. The summed E-state index contributed by atoms with van der Waals surface area (Å²) in [5.41, 5.74) is 6.36. The molecule has 5 heteroatoms. The molecule has 16 heavy (non-hydrogen) atoms. The maximum absolute atomic E-state index is 5.77. The van der Waals surface area contributed by atoms with Crippen molar-refractivity contribution in [1.29, 1.82) is 0 Å². The minimum Gasteiger partial charge on any atom is -0.396 e. The van der Waals surface area contributed by atoms with Gasteiger partial charge in [-0.05, 0) is 23.9 Å². The second kappa shape index (κ2) is 5.18. The number of nitrogens with one attached hydrogen (secondary N) is 1. The third kappa shape index (κ3) is 2.87. The molecule has 2 heterocycles. The van der Waals surface area contributed by atoms with Crippen LogP contribution in [0.2, 0.25) is 5.02 Å². The molecule has 0 radical (unpaired) electrons. The van der Waals surface area contributed by atoms with Gasteiger partial charge in [0, 0.05) is 17.6 Å². The Morgan fingerprint density at radius 2 is 2.38 bits per heavy atom. The number of nitrogens with two attached hydrogens (primary N) is 1. The first kappa shape index (κ1) is 11.2. The van der Waals surface area contributed by atoms with E-state index in [-0.39, 0.29) is 0 Å². The summed E-state index contributed by atoms with van der Waals surface area (Å²) in [6, 6.07) is 5.86. The number of hydrogen-bond donors (Lipinski definition) is 2. The molecule has 0 aliphatic heterocycles. The summed E-state index contributed by atoms with van der Waals surface area (Å²) in [4.78, 5) is 5.48. The van der Waals surface area contributed by atoms with E-state index in [9.17, 15) is 0 Å². The van der Waals surface area contributed by atoms with E-state index in [0.717, 1.165) is 13.0 Å². The van der Waals surface area contributed by atoms with Crippen LogP contribution in [0, 0.1) is 0 Å². The Morgan fingerprint density at radius 3 is 3.06 bits per heavy atom. The van der Waals surface area contributed by atoms with E-state index in [1.54, 1.807) is 23.6 Å². The van der Waals surface area contributed by atoms with Gasteiger partial charge in [0.25, 0.3) is 0 Å². The van der Waals surface area contributed by atoms with Gasteiger partial charge in [-0.3, -0.25) is 0 Å². The lowest BCUT2D eigenvalue weighted by Gasteiger charge is -2.07. The van der Waals surface area contributed by atoms with Crippen molar-refractivity contribution in [3.8, 4) is 0 Å². The van der Waals surface area contributed by atoms with Gasteiger partial charge < -0.3 is 11.1 Å². The molecule has 3 N–H and O–H groups in total. The van der Waals surface area contributed by atoms with Crippen LogP contribution in [0.3, 0.4) is 0 Å². The van der Waals surface area contributed by atoms with Gasteiger partial charge in [-0.25, -0.2) is 4.98 Å². The van der Waals surface area contributed by atoms with E-state index in [1.165, 1.54) is 4.88 Å². The predicted molar refractivity (Wildman–Crippen MR) is 70.2 cm³/mol. The van der Waals surface area contributed by atoms with Crippen molar-refractivity contribution in [2.45, 2.75) is 6.42 Å². The van der Waals surface area contributed by atoms with Gasteiger partial charge in [-0.1, -0.05) is 17.7 Å². The molecule has 2 aromatic heterocycles. The number of nitrogens with zero attached hydrogens (tertiary/aromatic N) is 1. The first-order valence-corrected chi connectivity index (χ1v) is 6.19. The van der Waals surface area contributed by atoms with Crippen LogP contribution in [0.4, 0.5) is 11.5 Å². The zero-order valence-electron chi connectivity index (χ0n) is 8.61. The zero-order chi connectivity index (χ0) is 11.4. The fourth-order valence-corrected chi connectivity index (χ4v) is 2.24. The van der Waals surface area contributed by atoms with Crippen molar-refractivity contribution in [3.63, 3.8) is 0 Å². The van der Waals surface area contributed by atoms with Crippen LogP contribution in [-0.4, -0.2) is 11.5 Å². The lowest BCUT2D eigenvalue weighted by atomic mass is 10.3. The quantitative estimate of drug-likeness (QED) is 0.881. The van der Waals surface area contributed by atoms with Gasteiger partial charge >= 0.3 is 0 Å². The Morgan fingerprint density at radius 1 is 1.50 bits per heavy atom. The van der Waals surface area contributed by atoms with Crippen molar-refractivity contribution < 1.29 is 0 Å². The Hall–Kier alpha value is -1.26. The average Bonchev–Trinajstić information content (AvgIpc) is 2.74. The lowest BCUT2D eigenvalue weighted by molar-refractivity contribution is 1.03. The van der Waals surface area contributed by atoms with Gasteiger partial charge in [0.1, 0.15) is 5.82 Å². The second-order valence-corrected chi connectivity index (χ2v) is 4.82. The fraction of sp³-hybridized carbons (Fsp3) is 0.182. The smallest absolute Gasteiger partial charge is 0.149 e. The number of hydrogen-bond acceptors (Lipinski definition) is 4. The minimum atomic E-state index is 0.557. The third-order valence-corrected chi connectivity index (χ3v) is 3.27. The lowest BCUT2D eigenvalue weighted by Crippen LogP contribution is -2.07. The molecule has 0 saturated carbocycles. The first-order valence-electron chi connectivity index (χ1n) is 4.93. The maximum atomic E-state index is 5.77. The molecule has 0 bridgehead atoms. The summed E-state index contributed by atoms with van der Waals surface area (Å²) >= 11 is 7.52. The molecule has 0 aliphatic rings. The number of rotatable bonds is 4. The molecule has 0 spiro atoms. The van der Waals surface area contributed by atoms with E-state index in [0.29, 0.717) is 16.5 Å². The molecule has 0 unspecified atom stereocenters. The highest BCUT2D eigenvalue weighted by Gasteiger charge is 2.01. The van der Waals surface area contributed by atoms with Crippen molar-refractivity contribution >= 4 is 34.4 Å². The van der Waals surface area contributed by atoms with Crippen LogP contribution in [0.15, 0.2) is 29.8 Å². The summed E-state index contributed by atoms with van der Waals surface area (Å²) in [6.45, 7) is 0.819. The van der Waals surface area contributed by atoms with Crippen LogP contribution in [0.5, 0.6) is 0 Å². The minimum absolute atomic E-state index is 0.557. The number of anilines is 2. The van der Waals surface area contributed by atoms with E-state index >= 15 is 0 Å². The molecular weight excluding hydrogens is 242 g/mol. The Labute approximate surface area is 103 Å². The van der Waals surface area contributed by atoms with Crippen LogP contribution >= 0.6 is 22.9 Å². The average molecular weight is 254 g/mol. The summed E-state index contributed by atoms with van der Waals surface area (Å²) < 4.78 is 0. The van der Waals surface area contributed by atoms with E-state index in [4.69, 9.17) is 17.3 Å². The van der Waals surface area contributed by atoms with Crippen LogP contribution in [0.1, 0.15) is 4.88 Å². The molecule has 0 aromatic carbocycles. The standard InChI is InChI=1S/C11H12ClN3S/c12-8-6-10(13)11(15-7-8)14-4-3-9-2-1-5-16-9/h1-2,5-7H,3-4,13H2,(H,14,15). The predicted octanol–water partition coefficient (Wildman–Crippen LogP) is 3.03. The topological polar surface area (TPSA) is 50.9 Å². The van der Waals surface area contributed by atoms with Gasteiger partial charge in [-0.15, -0.1) is 11.3 Å². The molecule has 2 aromatic rings. The van der Waals surface area contributed by atoms with Gasteiger partial charge in [-0.2, -0.15) is 0 Å². The van der Waals surface area contributed by atoms with E-state index in [1.807, 2.05) is 0 Å².